The molecule has 0 bridgehead atoms. The van der Waals surface area contributed by atoms with Crippen molar-refractivity contribution in [2.75, 3.05) is 6.61 Å². The van der Waals surface area contributed by atoms with Crippen molar-refractivity contribution in [3.05, 3.63) is 122 Å². The fourth-order valence-electron chi connectivity index (χ4n) is 7.83. The number of allylic oxidation sites excluding steroid dienone is 20. The first-order chi connectivity index (χ1) is 33.5. The molecule has 0 aliphatic rings. The lowest BCUT2D eigenvalue weighted by Gasteiger charge is -2.24. The van der Waals surface area contributed by atoms with Gasteiger partial charge in [0.15, 0.2) is 0 Å². The predicted molar refractivity (Wildman–Crippen MR) is 296 cm³/mol. The summed E-state index contributed by atoms with van der Waals surface area (Å²) in [4.78, 5) is 26.2. The maximum Gasteiger partial charge on any atom is 0.306 e. The Kier molecular flexibility index (Phi) is 51.2. The predicted octanol–water partition coefficient (Wildman–Crippen LogP) is 17.2. The Balaban J connectivity index is 4.76. The number of hydrogen-bond donors (Lipinski definition) is 3. The van der Waals surface area contributed by atoms with E-state index >= 15 is 0 Å². The third kappa shape index (κ3) is 48.7. The van der Waals surface area contributed by atoms with Gasteiger partial charge >= 0.3 is 5.97 Å². The molecule has 0 rings (SSSR count). The number of aliphatic hydroxyl groups excluding tert-OH is 2. The van der Waals surface area contributed by atoms with Gasteiger partial charge in [0.1, 0.15) is 6.10 Å². The lowest BCUT2D eigenvalue weighted by atomic mass is 10.0. The maximum absolute atomic E-state index is 13.3. The molecule has 0 saturated carbocycles. The summed E-state index contributed by atoms with van der Waals surface area (Å²) in [5.74, 6) is -0.572. The minimum atomic E-state index is -0.816. The van der Waals surface area contributed by atoms with Crippen LogP contribution in [0.3, 0.4) is 0 Å². The van der Waals surface area contributed by atoms with Crippen molar-refractivity contribution in [2.24, 2.45) is 0 Å². The number of nitrogens with one attached hydrogen (secondary N) is 1. The molecule has 0 radical (unpaired) electrons. The van der Waals surface area contributed by atoms with Crippen LogP contribution < -0.4 is 5.32 Å². The van der Waals surface area contributed by atoms with Crippen molar-refractivity contribution < 1.29 is 24.5 Å². The van der Waals surface area contributed by atoms with Gasteiger partial charge in [-0.15, -0.1) is 0 Å². The van der Waals surface area contributed by atoms with E-state index in [9.17, 15) is 19.8 Å². The van der Waals surface area contributed by atoms with Crippen LogP contribution >= 0.6 is 0 Å². The molecule has 0 spiro atoms. The van der Waals surface area contributed by atoms with E-state index in [4.69, 9.17) is 4.74 Å². The van der Waals surface area contributed by atoms with E-state index in [-0.39, 0.29) is 24.9 Å². The van der Waals surface area contributed by atoms with E-state index in [0.717, 1.165) is 83.5 Å². The van der Waals surface area contributed by atoms with Crippen LogP contribution in [0.4, 0.5) is 0 Å². The van der Waals surface area contributed by atoms with Crippen LogP contribution in [0.2, 0.25) is 0 Å². The summed E-state index contributed by atoms with van der Waals surface area (Å²) in [6.07, 6.45) is 75.3. The SMILES string of the molecule is CC\C=C/C=C/C=C/C=C\C=C\C=C\CCCCCC(=O)OC(CCCCC/C=C/C=C/C=C/C=C/CCCCC)CC(=O)NC(CO)C(O)CCCCCCCCCCCCCCCCCC. The standard InChI is InChI=1S/C62H103NO5/c1-4-7-10-13-16-19-22-25-28-31-34-37-40-43-46-49-52-55-62(67)68-58(53-50-47-44-41-38-35-32-29-26-23-20-17-14-11-8-5-2)56-61(66)63-59(57-64)60(65)54-51-48-45-42-39-36-33-30-27-24-21-18-15-12-9-6-3/h7,10,13,16-17,19-20,22-23,25-26,28-29,31-32,34-35,37-38,40,58-60,64-65H,4-6,8-9,11-12,14-15,18,21,24,27,30,33,36,39,41-57H2,1-3H3,(H,63,66)/b10-7-,16-13+,20-17+,22-19+,26-23+,28-25-,32-29+,34-31+,38-35+,40-37+. The van der Waals surface area contributed by atoms with E-state index in [1.807, 2.05) is 72.9 Å². The van der Waals surface area contributed by atoms with E-state index in [2.05, 4.69) is 74.7 Å². The number of amides is 1. The summed E-state index contributed by atoms with van der Waals surface area (Å²) in [6, 6.07) is -0.734. The van der Waals surface area contributed by atoms with Gasteiger partial charge in [0.25, 0.3) is 0 Å². The van der Waals surface area contributed by atoms with Gasteiger partial charge in [0, 0.05) is 6.42 Å². The monoisotopic (exact) mass is 942 g/mol. The van der Waals surface area contributed by atoms with Crippen LogP contribution in [0, 0.1) is 0 Å². The number of aliphatic hydroxyl groups is 2. The molecule has 3 N–H and O–H groups in total. The molecular formula is C62H103NO5. The maximum atomic E-state index is 13.3. The summed E-state index contributed by atoms with van der Waals surface area (Å²) in [6.45, 7) is 6.28. The number of esters is 1. The number of rotatable bonds is 48. The zero-order valence-electron chi connectivity index (χ0n) is 43.9. The zero-order chi connectivity index (χ0) is 49.5. The Bertz CT molecular complexity index is 1430. The third-order valence-corrected chi connectivity index (χ3v) is 12.0. The van der Waals surface area contributed by atoms with Crippen LogP contribution in [0.15, 0.2) is 122 Å². The van der Waals surface area contributed by atoms with Gasteiger partial charge < -0.3 is 20.3 Å². The third-order valence-electron chi connectivity index (χ3n) is 12.0. The smallest absolute Gasteiger partial charge is 0.306 e. The number of ether oxygens (including phenoxy) is 1. The molecule has 1 amide bonds. The molecular weight excluding hydrogens is 839 g/mol. The minimum absolute atomic E-state index is 0.0254. The van der Waals surface area contributed by atoms with Crippen LogP contribution in [-0.2, 0) is 14.3 Å². The first-order valence-corrected chi connectivity index (χ1v) is 27.9. The van der Waals surface area contributed by atoms with Crippen LogP contribution in [0.5, 0.6) is 0 Å². The molecule has 6 nitrogen and oxygen atoms in total. The topological polar surface area (TPSA) is 95.9 Å². The van der Waals surface area contributed by atoms with Crippen molar-refractivity contribution in [2.45, 2.75) is 251 Å². The van der Waals surface area contributed by atoms with Gasteiger partial charge in [-0.3, -0.25) is 9.59 Å². The van der Waals surface area contributed by atoms with E-state index < -0.39 is 18.2 Å². The highest BCUT2D eigenvalue weighted by Gasteiger charge is 2.24. The number of hydrogen-bond acceptors (Lipinski definition) is 5. The van der Waals surface area contributed by atoms with Gasteiger partial charge in [-0.2, -0.15) is 0 Å². The van der Waals surface area contributed by atoms with Gasteiger partial charge in [-0.05, 0) is 70.6 Å². The van der Waals surface area contributed by atoms with E-state index in [1.54, 1.807) is 0 Å². The molecule has 0 saturated heterocycles. The molecule has 0 aliphatic carbocycles. The zero-order valence-corrected chi connectivity index (χ0v) is 43.9. The van der Waals surface area contributed by atoms with E-state index in [1.165, 1.54) is 103 Å². The van der Waals surface area contributed by atoms with Crippen molar-refractivity contribution >= 4 is 11.9 Å². The second-order valence-corrected chi connectivity index (χ2v) is 18.5. The summed E-state index contributed by atoms with van der Waals surface area (Å²) in [5, 5.41) is 23.9. The Labute approximate surface area is 419 Å². The normalized spacial score (nSPS) is 14.1. The highest BCUT2D eigenvalue weighted by Crippen LogP contribution is 2.17. The highest BCUT2D eigenvalue weighted by molar-refractivity contribution is 5.77. The van der Waals surface area contributed by atoms with Gasteiger partial charge in [-0.1, -0.05) is 271 Å². The van der Waals surface area contributed by atoms with Crippen molar-refractivity contribution in [1.82, 2.24) is 5.32 Å². The molecule has 0 aromatic rings. The molecule has 0 aromatic carbocycles. The molecule has 0 aromatic heterocycles. The molecule has 0 aliphatic heterocycles. The highest BCUT2D eigenvalue weighted by atomic mass is 16.5. The fourth-order valence-corrected chi connectivity index (χ4v) is 7.83. The molecule has 3 atom stereocenters. The molecule has 3 unspecified atom stereocenters. The second-order valence-electron chi connectivity index (χ2n) is 18.5. The fraction of sp³-hybridized carbons (Fsp3) is 0.645. The first kappa shape index (κ1) is 64.3. The van der Waals surface area contributed by atoms with Crippen molar-refractivity contribution in [1.29, 1.82) is 0 Å². The van der Waals surface area contributed by atoms with Crippen molar-refractivity contribution in [3.63, 3.8) is 0 Å². The minimum Gasteiger partial charge on any atom is -0.462 e. The summed E-state index contributed by atoms with van der Waals surface area (Å²) in [7, 11) is 0. The van der Waals surface area contributed by atoms with Crippen LogP contribution in [-0.4, -0.2) is 46.9 Å². The average Bonchev–Trinajstić information content (AvgIpc) is 3.33. The molecule has 0 heterocycles. The van der Waals surface area contributed by atoms with E-state index in [0.29, 0.717) is 19.3 Å². The van der Waals surface area contributed by atoms with Crippen molar-refractivity contribution in [3.8, 4) is 0 Å². The molecule has 68 heavy (non-hydrogen) atoms. The quantitative estimate of drug-likeness (QED) is 0.0321. The number of unbranched alkanes of at least 4 members (excludes halogenated alkanes) is 24. The number of carbonyl (C=O) groups is 2. The number of carbonyl (C=O) groups excluding carboxylic acids is 2. The Morgan fingerprint density at radius 3 is 1.24 bits per heavy atom. The van der Waals surface area contributed by atoms with Crippen LogP contribution in [0.25, 0.3) is 0 Å². The Morgan fingerprint density at radius 2 is 0.794 bits per heavy atom. The van der Waals surface area contributed by atoms with Gasteiger partial charge in [0.2, 0.25) is 5.91 Å². The Morgan fingerprint density at radius 1 is 0.441 bits per heavy atom. The molecule has 6 heteroatoms. The summed E-state index contributed by atoms with van der Waals surface area (Å²) in [5.41, 5.74) is 0. The Hall–Kier alpha value is -3.74. The largest absolute Gasteiger partial charge is 0.462 e. The molecule has 0 fully saturated rings. The lowest BCUT2D eigenvalue weighted by molar-refractivity contribution is -0.151. The molecule has 386 valence electrons. The first-order valence-electron chi connectivity index (χ1n) is 27.9. The second kappa shape index (κ2) is 54.2. The van der Waals surface area contributed by atoms with Crippen LogP contribution in [0.1, 0.15) is 233 Å². The van der Waals surface area contributed by atoms with Gasteiger partial charge in [-0.25, -0.2) is 0 Å². The average molecular weight is 943 g/mol. The summed E-state index contributed by atoms with van der Waals surface area (Å²) < 4.78 is 5.91. The van der Waals surface area contributed by atoms with Gasteiger partial charge in [0.05, 0.1) is 25.2 Å². The lowest BCUT2D eigenvalue weighted by Crippen LogP contribution is -2.46. The summed E-state index contributed by atoms with van der Waals surface area (Å²) >= 11 is 0.